The summed E-state index contributed by atoms with van der Waals surface area (Å²) in [6.07, 6.45) is 1.54. The fraction of sp³-hybridized carbons (Fsp3) is 0.471. The van der Waals surface area contributed by atoms with Crippen LogP contribution in [0.5, 0.6) is 0 Å². The number of aromatic nitrogens is 3. The zero-order valence-electron chi connectivity index (χ0n) is 13.8. The number of aromatic amines is 1. The third kappa shape index (κ3) is 4.39. The Morgan fingerprint density at radius 3 is 2.92 bits per heavy atom. The number of carbonyl (C=O) groups excluding carboxylic acids is 1. The fourth-order valence-corrected chi connectivity index (χ4v) is 3.19. The number of benzene rings is 1. The molecule has 3 N–H and O–H groups in total. The van der Waals surface area contributed by atoms with Crippen LogP contribution in [0.15, 0.2) is 30.3 Å². The number of amides is 1. The summed E-state index contributed by atoms with van der Waals surface area (Å²) in [4.78, 5) is 18.4. The van der Waals surface area contributed by atoms with Crippen molar-refractivity contribution in [3.8, 4) is 0 Å². The van der Waals surface area contributed by atoms with Gasteiger partial charge in [0.05, 0.1) is 12.0 Å². The minimum Gasteiger partial charge on any atom is -0.388 e. The summed E-state index contributed by atoms with van der Waals surface area (Å²) in [5.74, 6) is 0.617. The lowest BCUT2D eigenvalue weighted by Gasteiger charge is -2.38. The number of piperidine rings is 1. The van der Waals surface area contributed by atoms with Gasteiger partial charge in [0, 0.05) is 13.1 Å². The lowest BCUT2D eigenvalue weighted by Crippen LogP contribution is -2.49. The van der Waals surface area contributed by atoms with E-state index >= 15 is 0 Å². The Morgan fingerprint density at radius 1 is 1.42 bits per heavy atom. The minimum atomic E-state index is -1.01. The number of hydrogen-bond acceptors (Lipinski definition) is 5. The van der Waals surface area contributed by atoms with E-state index in [1.807, 2.05) is 18.2 Å². The van der Waals surface area contributed by atoms with Crippen LogP contribution >= 0.6 is 0 Å². The highest BCUT2D eigenvalue weighted by atomic mass is 16.3. The minimum absolute atomic E-state index is 0.0475. The van der Waals surface area contributed by atoms with Gasteiger partial charge in [-0.15, -0.1) is 5.10 Å². The Balaban J connectivity index is 1.56. The number of likely N-dealkylation sites (tertiary alicyclic amines) is 1. The molecule has 1 aromatic heterocycles. The average molecular weight is 329 g/mol. The maximum atomic E-state index is 12.2. The Bertz CT molecular complexity index is 687. The summed E-state index contributed by atoms with van der Waals surface area (Å²) in [6.45, 7) is 3.96. The molecule has 1 saturated heterocycles. The van der Waals surface area contributed by atoms with Gasteiger partial charge < -0.3 is 5.11 Å². The molecule has 128 valence electrons. The monoisotopic (exact) mass is 329 g/mol. The molecule has 0 aliphatic carbocycles. The molecule has 7 heteroatoms. The topological polar surface area (TPSA) is 94.1 Å². The smallest absolute Gasteiger partial charge is 0.248 e. The second-order valence-corrected chi connectivity index (χ2v) is 6.49. The number of carbonyl (C=O) groups is 1. The number of aliphatic hydroxyl groups is 1. The van der Waals surface area contributed by atoms with Crippen molar-refractivity contribution < 1.29 is 9.90 Å². The number of nitrogens with zero attached hydrogens (tertiary/aromatic N) is 3. The number of nitrogens with one attached hydrogen (secondary N) is 2. The number of H-pyrrole nitrogens is 1. The van der Waals surface area contributed by atoms with E-state index in [1.54, 1.807) is 6.92 Å². The summed E-state index contributed by atoms with van der Waals surface area (Å²) in [6, 6.07) is 10.2. The van der Waals surface area contributed by atoms with E-state index in [9.17, 15) is 9.90 Å². The highest BCUT2D eigenvalue weighted by Crippen LogP contribution is 2.26. The van der Waals surface area contributed by atoms with E-state index < -0.39 is 5.60 Å². The van der Waals surface area contributed by atoms with E-state index in [0.717, 1.165) is 19.5 Å². The highest BCUT2D eigenvalue weighted by molar-refractivity contribution is 5.89. The lowest BCUT2D eigenvalue weighted by molar-refractivity contribution is -0.124. The van der Waals surface area contributed by atoms with Crippen molar-refractivity contribution in [3.63, 3.8) is 0 Å². The van der Waals surface area contributed by atoms with Gasteiger partial charge in [-0.25, -0.2) is 0 Å². The molecule has 1 amide bonds. The molecule has 24 heavy (non-hydrogen) atoms. The van der Waals surface area contributed by atoms with Gasteiger partial charge in [0.25, 0.3) is 0 Å². The second kappa shape index (κ2) is 7.11. The number of rotatable bonds is 5. The van der Waals surface area contributed by atoms with Gasteiger partial charge in [-0.2, -0.15) is 4.98 Å². The Kier molecular flexibility index (Phi) is 4.92. The highest BCUT2D eigenvalue weighted by Gasteiger charge is 2.35. The third-order valence-electron chi connectivity index (χ3n) is 4.22. The van der Waals surface area contributed by atoms with Gasteiger partial charge in [0.15, 0.2) is 0 Å². The Hall–Kier alpha value is -2.25. The van der Waals surface area contributed by atoms with E-state index in [4.69, 9.17) is 0 Å². The van der Waals surface area contributed by atoms with Crippen LogP contribution in [-0.2, 0) is 11.3 Å². The SMILES string of the molecule is Cc1nc(NC(=O)CC2(O)CCCN(Cc3ccccc3)C2)n[nH]1. The van der Waals surface area contributed by atoms with E-state index in [1.165, 1.54) is 5.56 Å². The normalized spacial score (nSPS) is 21.6. The quantitative estimate of drug-likeness (QED) is 0.772. The van der Waals surface area contributed by atoms with Crippen LogP contribution in [0.1, 0.15) is 30.7 Å². The molecule has 2 aromatic rings. The summed E-state index contributed by atoms with van der Waals surface area (Å²) in [5.41, 5.74) is 0.199. The lowest BCUT2D eigenvalue weighted by atomic mass is 9.89. The van der Waals surface area contributed by atoms with Crippen molar-refractivity contribution in [3.05, 3.63) is 41.7 Å². The molecular formula is C17H23N5O2. The van der Waals surface area contributed by atoms with Crippen molar-refractivity contribution in [2.24, 2.45) is 0 Å². The standard InChI is InChI=1S/C17H23N5O2/c1-13-18-16(21-20-13)19-15(23)10-17(24)8-5-9-22(12-17)11-14-6-3-2-4-7-14/h2-4,6-7,24H,5,8-12H2,1H3,(H2,18,19,20,21,23). The van der Waals surface area contributed by atoms with Crippen molar-refractivity contribution in [1.29, 1.82) is 0 Å². The van der Waals surface area contributed by atoms with Crippen LogP contribution in [-0.4, -0.2) is 49.8 Å². The van der Waals surface area contributed by atoms with Crippen LogP contribution in [0.4, 0.5) is 5.95 Å². The summed E-state index contributed by atoms with van der Waals surface area (Å²) in [7, 11) is 0. The molecule has 7 nitrogen and oxygen atoms in total. The van der Waals surface area contributed by atoms with Gasteiger partial charge in [0.2, 0.25) is 11.9 Å². The number of hydrogen-bond donors (Lipinski definition) is 3. The molecule has 2 heterocycles. The predicted octanol–water partition coefficient (Wildman–Crippen LogP) is 1.47. The van der Waals surface area contributed by atoms with Gasteiger partial charge in [-0.1, -0.05) is 30.3 Å². The van der Waals surface area contributed by atoms with Crippen LogP contribution in [0.25, 0.3) is 0 Å². The van der Waals surface area contributed by atoms with E-state index in [-0.39, 0.29) is 18.3 Å². The molecule has 0 bridgehead atoms. The maximum absolute atomic E-state index is 12.2. The Morgan fingerprint density at radius 2 is 2.21 bits per heavy atom. The summed E-state index contributed by atoms with van der Waals surface area (Å²) >= 11 is 0. The zero-order valence-corrected chi connectivity index (χ0v) is 13.8. The van der Waals surface area contributed by atoms with Crippen LogP contribution in [0.2, 0.25) is 0 Å². The van der Waals surface area contributed by atoms with Crippen molar-refractivity contribution in [1.82, 2.24) is 20.1 Å². The molecule has 1 unspecified atom stereocenters. The number of aryl methyl sites for hydroxylation is 1. The Labute approximate surface area is 141 Å². The number of anilines is 1. The molecule has 3 rings (SSSR count). The first-order valence-corrected chi connectivity index (χ1v) is 8.20. The summed E-state index contributed by atoms with van der Waals surface area (Å²) in [5, 5.41) is 20.0. The van der Waals surface area contributed by atoms with E-state index in [0.29, 0.717) is 18.8 Å². The fourth-order valence-electron chi connectivity index (χ4n) is 3.19. The zero-order chi connectivity index (χ0) is 17.0. The first-order valence-electron chi connectivity index (χ1n) is 8.20. The molecule has 1 atom stereocenters. The predicted molar refractivity (Wildman–Crippen MR) is 90.3 cm³/mol. The van der Waals surface area contributed by atoms with Crippen LogP contribution in [0, 0.1) is 6.92 Å². The van der Waals surface area contributed by atoms with Crippen LogP contribution < -0.4 is 5.32 Å². The molecule has 1 aromatic carbocycles. The molecule has 0 saturated carbocycles. The van der Waals surface area contributed by atoms with Crippen LogP contribution in [0.3, 0.4) is 0 Å². The van der Waals surface area contributed by atoms with Gasteiger partial charge in [-0.3, -0.25) is 20.1 Å². The summed E-state index contributed by atoms with van der Waals surface area (Å²) < 4.78 is 0. The van der Waals surface area contributed by atoms with Crippen molar-refractivity contribution >= 4 is 11.9 Å². The second-order valence-electron chi connectivity index (χ2n) is 6.49. The maximum Gasteiger partial charge on any atom is 0.248 e. The van der Waals surface area contributed by atoms with E-state index in [2.05, 4.69) is 37.5 Å². The third-order valence-corrected chi connectivity index (χ3v) is 4.22. The molecule has 1 aliphatic heterocycles. The first-order chi connectivity index (χ1) is 11.5. The van der Waals surface area contributed by atoms with Gasteiger partial charge >= 0.3 is 0 Å². The average Bonchev–Trinajstić information content (AvgIpc) is 2.92. The molecule has 1 aliphatic rings. The molecule has 0 spiro atoms. The van der Waals surface area contributed by atoms with Crippen molar-refractivity contribution in [2.45, 2.75) is 38.3 Å². The first kappa shape index (κ1) is 16.6. The van der Waals surface area contributed by atoms with Gasteiger partial charge in [0.1, 0.15) is 5.82 Å². The largest absolute Gasteiger partial charge is 0.388 e. The molecule has 0 radical (unpaired) electrons. The number of β-amino-alcohol motifs (C(OH)–C–C–N with tert-alkyl or cyclic N) is 1. The molecule has 1 fully saturated rings. The van der Waals surface area contributed by atoms with Crippen molar-refractivity contribution in [2.75, 3.05) is 18.4 Å². The van der Waals surface area contributed by atoms with Gasteiger partial charge in [-0.05, 0) is 31.9 Å². The molecular weight excluding hydrogens is 306 g/mol.